The van der Waals surface area contributed by atoms with Gasteiger partial charge in [0, 0.05) is 11.9 Å². The van der Waals surface area contributed by atoms with Gasteiger partial charge in [0.1, 0.15) is 5.75 Å². The zero-order valence-electron chi connectivity index (χ0n) is 8.46. The second-order valence-electron chi connectivity index (χ2n) is 3.34. The standard InChI is InChI=1S/C12H12ClNO/c1-15-11-6-8(7-14)5-9-3-2-4-10(13)12(9)11/h2-6H,7,14H2,1H3. The van der Waals surface area contributed by atoms with Gasteiger partial charge in [0.25, 0.3) is 0 Å². The summed E-state index contributed by atoms with van der Waals surface area (Å²) < 4.78 is 5.31. The minimum atomic E-state index is 0.499. The Morgan fingerprint density at radius 2 is 2.13 bits per heavy atom. The molecule has 0 atom stereocenters. The van der Waals surface area contributed by atoms with E-state index in [9.17, 15) is 0 Å². The van der Waals surface area contributed by atoms with E-state index in [1.54, 1.807) is 7.11 Å². The highest BCUT2D eigenvalue weighted by Crippen LogP contribution is 2.33. The molecule has 2 nitrogen and oxygen atoms in total. The Morgan fingerprint density at radius 1 is 1.33 bits per heavy atom. The first-order valence-electron chi connectivity index (χ1n) is 4.71. The third-order valence-corrected chi connectivity index (χ3v) is 2.72. The molecule has 0 saturated carbocycles. The first-order valence-corrected chi connectivity index (χ1v) is 5.09. The summed E-state index contributed by atoms with van der Waals surface area (Å²) in [6, 6.07) is 9.74. The van der Waals surface area contributed by atoms with Gasteiger partial charge in [-0.25, -0.2) is 0 Å². The SMILES string of the molecule is COc1cc(CN)cc2cccc(Cl)c12. The number of methoxy groups -OCH3 is 1. The van der Waals surface area contributed by atoms with Crippen molar-refractivity contribution in [1.29, 1.82) is 0 Å². The van der Waals surface area contributed by atoms with Gasteiger partial charge in [-0.3, -0.25) is 0 Å². The fraction of sp³-hybridized carbons (Fsp3) is 0.167. The van der Waals surface area contributed by atoms with Crippen LogP contribution in [0.5, 0.6) is 5.75 Å². The Balaban J connectivity index is 2.81. The smallest absolute Gasteiger partial charge is 0.128 e. The van der Waals surface area contributed by atoms with Crippen molar-refractivity contribution in [3.05, 3.63) is 40.9 Å². The molecule has 0 saturated heterocycles. The molecule has 0 aliphatic carbocycles. The van der Waals surface area contributed by atoms with Gasteiger partial charge in [-0.1, -0.05) is 23.7 Å². The number of benzene rings is 2. The van der Waals surface area contributed by atoms with Crippen LogP contribution in [-0.4, -0.2) is 7.11 Å². The van der Waals surface area contributed by atoms with E-state index in [1.807, 2.05) is 30.3 Å². The van der Waals surface area contributed by atoms with Crippen molar-refractivity contribution in [2.45, 2.75) is 6.54 Å². The molecule has 3 heteroatoms. The molecule has 2 N–H and O–H groups in total. The largest absolute Gasteiger partial charge is 0.496 e. The normalized spacial score (nSPS) is 10.6. The number of nitrogens with two attached hydrogens (primary N) is 1. The van der Waals surface area contributed by atoms with Crippen LogP contribution >= 0.6 is 11.6 Å². The molecule has 15 heavy (non-hydrogen) atoms. The van der Waals surface area contributed by atoms with Gasteiger partial charge in [0.15, 0.2) is 0 Å². The Kier molecular flexibility index (Phi) is 2.80. The third kappa shape index (κ3) is 1.78. The summed E-state index contributed by atoms with van der Waals surface area (Å²) in [5.41, 5.74) is 6.66. The fourth-order valence-electron chi connectivity index (χ4n) is 1.68. The Morgan fingerprint density at radius 3 is 2.80 bits per heavy atom. The number of halogens is 1. The highest BCUT2D eigenvalue weighted by Gasteiger charge is 2.06. The van der Waals surface area contributed by atoms with Crippen molar-refractivity contribution in [3.63, 3.8) is 0 Å². The number of hydrogen-bond donors (Lipinski definition) is 1. The maximum Gasteiger partial charge on any atom is 0.128 e. The summed E-state index contributed by atoms with van der Waals surface area (Å²) in [6.45, 7) is 0.499. The molecule has 0 amide bonds. The first-order chi connectivity index (χ1) is 7.26. The van der Waals surface area contributed by atoms with E-state index >= 15 is 0 Å². The molecule has 0 spiro atoms. The molecular formula is C12H12ClNO. The second-order valence-corrected chi connectivity index (χ2v) is 3.75. The Hall–Kier alpha value is -1.25. The molecule has 0 unspecified atom stereocenters. The van der Waals surface area contributed by atoms with Crippen molar-refractivity contribution in [2.75, 3.05) is 7.11 Å². The van der Waals surface area contributed by atoms with E-state index in [-0.39, 0.29) is 0 Å². The maximum absolute atomic E-state index is 6.13. The maximum atomic E-state index is 6.13. The molecule has 2 aromatic carbocycles. The van der Waals surface area contributed by atoms with Crippen molar-refractivity contribution in [2.24, 2.45) is 5.73 Å². The van der Waals surface area contributed by atoms with Gasteiger partial charge in [-0.2, -0.15) is 0 Å². The summed E-state index contributed by atoms with van der Waals surface area (Å²) in [6.07, 6.45) is 0. The summed E-state index contributed by atoms with van der Waals surface area (Å²) in [5, 5.41) is 2.70. The topological polar surface area (TPSA) is 35.2 Å². The highest BCUT2D eigenvalue weighted by atomic mass is 35.5. The number of ether oxygens (including phenoxy) is 1. The van der Waals surface area contributed by atoms with Gasteiger partial charge in [0.05, 0.1) is 12.1 Å². The van der Waals surface area contributed by atoms with E-state index in [0.717, 1.165) is 22.1 Å². The summed E-state index contributed by atoms with van der Waals surface area (Å²) in [5.74, 6) is 0.776. The lowest BCUT2D eigenvalue weighted by Gasteiger charge is -2.09. The number of hydrogen-bond acceptors (Lipinski definition) is 2. The molecular weight excluding hydrogens is 210 g/mol. The molecule has 2 rings (SSSR count). The molecule has 0 bridgehead atoms. The molecule has 2 aromatic rings. The van der Waals surface area contributed by atoms with E-state index in [2.05, 4.69) is 0 Å². The number of fused-ring (bicyclic) bond motifs is 1. The Labute approximate surface area is 93.6 Å². The van der Waals surface area contributed by atoms with Crippen LogP contribution in [0.1, 0.15) is 5.56 Å². The van der Waals surface area contributed by atoms with Gasteiger partial charge in [0.2, 0.25) is 0 Å². The quantitative estimate of drug-likeness (QED) is 0.846. The van der Waals surface area contributed by atoms with Crippen LogP contribution in [0.3, 0.4) is 0 Å². The van der Waals surface area contributed by atoms with Crippen LogP contribution in [0.4, 0.5) is 0 Å². The Bertz CT molecular complexity index is 496. The molecule has 0 aromatic heterocycles. The van der Waals surface area contributed by atoms with E-state index < -0.39 is 0 Å². The predicted octanol–water partition coefficient (Wildman–Crippen LogP) is 2.96. The van der Waals surface area contributed by atoms with Crippen molar-refractivity contribution in [1.82, 2.24) is 0 Å². The molecule has 0 fully saturated rings. The number of rotatable bonds is 2. The molecule has 78 valence electrons. The van der Waals surface area contributed by atoms with E-state index in [4.69, 9.17) is 22.1 Å². The van der Waals surface area contributed by atoms with E-state index in [0.29, 0.717) is 11.6 Å². The predicted molar refractivity (Wildman–Crippen MR) is 63.4 cm³/mol. The molecule has 0 aliphatic rings. The van der Waals surface area contributed by atoms with Crippen LogP contribution < -0.4 is 10.5 Å². The monoisotopic (exact) mass is 221 g/mol. The lowest BCUT2D eigenvalue weighted by atomic mass is 10.1. The van der Waals surface area contributed by atoms with Gasteiger partial charge >= 0.3 is 0 Å². The van der Waals surface area contributed by atoms with Gasteiger partial charge in [-0.15, -0.1) is 0 Å². The lowest BCUT2D eigenvalue weighted by Crippen LogP contribution is -1.97. The van der Waals surface area contributed by atoms with Crippen molar-refractivity contribution < 1.29 is 4.74 Å². The lowest BCUT2D eigenvalue weighted by molar-refractivity contribution is 0.419. The minimum Gasteiger partial charge on any atom is -0.496 e. The van der Waals surface area contributed by atoms with Crippen LogP contribution in [0.25, 0.3) is 10.8 Å². The highest BCUT2D eigenvalue weighted by molar-refractivity contribution is 6.36. The molecule has 0 heterocycles. The van der Waals surface area contributed by atoms with Crippen LogP contribution in [-0.2, 0) is 6.54 Å². The van der Waals surface area contributed by atoms with Crippen LogP contribution in [0.15, 0.2) is 30.3 Å². The molecule has 0 radical (unpaired) electrons. The average molecular weight is 222 g/mol. The average Bonchev–Trinajstić information content (AvgIpc) is 2.27. The first kappa shape index (κ1) is 10.3. The minimum absolute atomic E-state index is 0.499. The fourth-order valence-corrected chi connectivity index (χ4v) is 1.96. The summed E-state index contributed by atoms with van der Waals surface area (Å²) >= 11 is 6.13. The second kappa shape index (κ2) is 4.09. The van der Waals surface area contributed by atoms with E-state index in [1.165, 1.54) is 0 Å². The zero-order chi connectivity index (χ0) is 10.8. The zero-order valence-corrected chi connectivity index (χ0v) is 9.21. The van der Waals surface area contributed by atoms with Gasteiger partial charge < -0.3 is 10.5 Å². The van der Waals surface area contributed by atoms with Crippen LogP contribution in [0.2, 0.25) is 5.02 Å². The summed E-state index contributed by atoms with van der Waals surface area (Å²) in [7, 11) is 1.64. The van der Waals surface area contributed by atoms with Crippen molar-refractivity contribution >= 4 is 22.4 Å². The van der Waals surface area contributed by atoms with Crippen molar-refractivity contribution in [3.8, 4) is 5.75 Å². The van der Waals surface area contributed by atoms with Crippen LogP contribution in [0, 0.1) is 0 Å². The van der Waals surface area contributed by atoms with Gasteiger partial charge in [-0.05, 0) is 29.1 Å². The molecule has 0 aliphatic heterocycles. The summed E-state index contributed by atoms with van der Waals surface area (Å²) in [4.78, 5) is 0. The third-order valence-electron chi connectivity index (χ3n) is 2.41.